The van der Waals surface area contributed by atoms with E-state index in [2.05, 4.69) is 15.4 Å². The fourth-order valence-corrected chi connectivity index (χ4v) is 4.59. The van der Waals surface area contributed by atoms with E-state index in [1.165, 1.54) is 7.11 Å². The number of hydrogen-bond donors (Lipinski definition) is 2. The van der Waals surface area contributed by atoms with Crippen molar-refractivity contribution in [3.05, 3.63) is 34.9 Å². The molecule has 37 heavy (non-hydrogen) atoms. The maximum Gasteiger partial charge on any atom is 0.408 e. The van der Waals surface area contributed by atoms with Gasteiger partial charge in [-0.1, -0.05) is 18.2 Å². The number of alkyl carbamates (subject to hydrolysis) is 1. The van der Waals surface area contributed by atoms with Crippen LogP contribution in [0.1, 0.15) is 69.2 Å². The van der Waals surface area contributed by atoms with Gasteiger partial charge in [0.25, 0.3) is 0 Å². The van der Waals surface area contributed by atoms with Gasteiger partial charge in [0.1, 0.15) is 24.2 Å². The Hall–Kier alpha value is -2.75. The summed E-state index contributed by atoms with van der Waals surface area (Å²) in [6.45, 7) is 8.83. The number of thioether (sulfide) groups is 1. The quantitative estimate of drug-likeness (QED) is 0.416. The number of aryl methyl sites for hydroxylation is 1. The van der Waals surface area contributed by atoms with Gasteiger partial charge in [-0.05, 0) is 89.0 Å². The molecule has 0 spiro atoms. The highest BCUT2D eigenvalue weighted by Gasteiger charge is 2.42. The van der Waals surface area contributed by atoms with Crippen LogP contribution < -0.4 is 10.6 Å². The second kappa shape index (κ2) is 13.7. The molecule has 0 heterocycles. The lowest BCUT2D eigenvalue weighted by Crippen LogP contribution is -2.58. The van der Waals surface area contributed by atoms with Crippen LogP contribution in [-0.2, 0) is 23.9 Å². The van der Waals surface area contributed by atoms with Gasteiger partial charge in [-0.2, -0.15) is 11.8 Å². The Balaban J connectivity index is 2.51. The van der Waals surface area contributed by atoms with Crippen molar-refractivity contribution in [1.82, 2.24) is 15.5 Å². The highest BCUT2D eigenvalue weighted by molar-refractivity contribution is 7.98. The average Bonchev–Trinajstić information content (AvgIpc) is 2.79. The lowest BCUT2D eigenvalue weighted by atomic mass is 9.86. The van der Waals surface area contributed by atoms with Crippen LogP contribution in [0.2, 0.25) is 0 Å². The molecule has 1 aromatic rings. The first-order chi connectivity index (χ1) is 17.4. The van der Waals surface area contributed by atoms with Crippen LogP contribution in [-0.4, -0.2) is 72.1 Å². The number of carbonyl (C=O) groups is 4. The number of nitrogens with one attached hydrogen (secondary N) is 2. The molecule has 0 bridgehead atoms. The van der Waals surface area contributed by atoms with Crippen LogP contribution in [0.3, 0.4) is 0 Å². The summed E-state index contributed by atoms with van der Waals surface area (Å²) in [6, 6.07) is 3.62. The van der Waals surface area contributed by atoms with E-state index in [9.17, 15) is 19.2 Å². The Labute approximate surface area is 224 Å². The van der Waals surface area contributed by atoms with Crippen molar-refractivity contribution < 1.29 is 28.7 Å². The van der Waals surface area contributed by atoms with Crippen LogP contribution in [0.15, 0.2) is 18.2 Å². The molecule has 0 radical (unpaired) electrons. The third-order valence-corrected chi connectivity index (χ3v) is 7.07. The van der Waals surface area contributed by atoms with Gasteiger partial charge in [-0.3, -0.25) is 14.4 Å². The molecule has 2 atom stereocenters. The largest absolute Gasteiger partial charge is 0.468 e. The van der Waals surface area contributed by atoms with Gasteiger partial charge in [0.2, 0.25) is 11.8 Å². The Bertz CT molecular complexity index is 973. The molecule has 0 aromatic heterocycles. The summed E-state index contributed by atoms with van der Waals surface area (Å²) in [5, 5.41) is 5.40. The van der Waals surface area contributed by atoms with E-state index in [4.69, 9.17) is 4.74 Å². The highest BCUT2D eigenvalue weighted by atomic mass is 32.2. The molecule has 3 amide bonds. The normalized spacial score (nSPS) is 15.1. The van der Waals surface area contributed by atoms with E-state index in [1.807, 2.05) is 38.3 Å². The van der Waals surface area contributed by atoms with Crippen molar-refractivity contribution in [3.63, 3.8) is 0 Å². The van der Waals surface area contributed by atoms with Crippen molar-refractivity contribution in [2.24, 2.45) is 0 Å². The van der Waals surface area contributed by atoms with E-state index < -0.39 is 35.7 Å². The van der Waals surface area contributed by atoms with E-state index in [0.717, 1.165) is 30.4 Å². The molecule has 0 aliphatic heterocycles. The van der Waals surface area contributed by atoms with Crippen molar-refractivity contribution in [3.8, 4) is 0 Å². The second-order valence-corrected chi connectivity index (χ2v) is 11.3. The van der Waals surface area contributed by atoms with Gasteiger partial charge in [-0.15, -0.1) is 0 Å². The minimum atomic E-state index is -0.973. The fraction of sp³-hybridized carbons (Fsp3) is 0.630. The lowest BCUT2D eigenvalue weighted by molar-refractivity contribution is -0.148. The molecule has 1 fully saturated rings. The molecule has 10 heteroatoms. The molecule has 1 aromatic carbocycles. The third kappa shape index (κ3) is 8.66. The SMILES string of the molecule is COC(=O)CNC(=O)C(c1cccc(C)c1C)N(C(=O)C(CCSC)NC(=O)OC(C)(C)C)C1CCC1. The number of hydrogen-bond acceptors (Lipinski definition) is 7. The Morgan fingerprint density at radius 2 is 1.84 bits per heavy atom. The zero-order chi connectivity index (χ0) is 27.8. The van der Waals surface area contributed by atoms with Crippen molar-refractivity contribution in [2.75, 3.05) is 25.7 Å². The van der Waals surface area contributed by atoms with Crippen LogP contribution in [0.5, 0.6) is 0 Å². The maximum atomic E-state index is 14.2. The first-order valence-corrected chi connectivity index (χ1v) is 14.0. The zero-order valence-electron chi connectivity index (χ0n) is 23.0. The predicted molar refractivity (Wildman–Crippen MR) is 144 cm³/mol. The number of nitrogens with zero attached hydrogens (tertiary/aromatic N) is 1. The van der Waals surface area contributed by atoms with Gasteiger partial charge in [-0.25, -0.2) is 4.79 Å². The molecule has 1 aliphatic rings. The molecule has 2 unspecified atom stereocenters. The lowest BCUT2D eigenvalue weighted by Gasteiger charge is -2.44. The number of ether oxygens (including phenoxy) is 2. The molecular formula is C27H41N3O6S. The number of esters is 1. The average molecular weight is 536 g/mol. The molecule has 2 rings (SSSR count). The standard InChI is InChI=1S/C27H41N3O6S/c1-17-10-8-13-20(18(17)2)23(24(32)28-16-22(31)35-6)30(19-11-9-12-19)25(33)21(14-15-37-7)29-26(34)36-27(3,4)5/h8,10,13,19,21,23H,9,11-12,14-16H2,1-7H3,(H,28,32)(H,29,34). The van der Waals surface area contributed by atoms with Crippen LogP contribution in [0, 0.1) is 13.8 Å². The van der Waals surface area contributed by atoms with E-state index in [1.54, 1.807) is 37.4 Å². The van der Waals surface area contributed by atoms with Gasteiger partial charge in [0, 0.05) is 6.04 Å². The minimum Gasteiger partial charge on any atom is -0.468 e. The van der Waals surface area contributed by atoms with Crippen LogP contribution >= 0.6 is 11.8 Å². The maximum absolute atomic E-state index is 14.2. The van der Waals surface area contributed by atoms with Gasteiger partial charge in [0.15, 0.2) is 0 Å². The summed E-state index contributed by atoms with van der Waals surface area (Å²) in [4.78, 5) is 53.9. The molecule has 206 valence electrons. The summed E-state index contributed by atoms with van der Waals surface area (Å²) in [5.74, 6) is -0.768. The summed E-state index contributed by atoms with van der Waals surface area (Å²) in [6.07, 6.45) is 4.06. The van der Waals surface area contributed by atoms with Gasteiger partial charge in [0.05, 0.1) is 7.11 Å². The van der Waals surface area contributed by atoms with E-state index in [0.29, 0.717) is 17.7 Å². The molecule has 1 saturated carbocycles. The van der Waals surface area contributed by atoms with Crippen LogP contribution in [0.4, 0.5) is 4.79 Å². The van der Waals surface area contributed by atoms with Gasteiger partial charge >= 0.3 is 12.1 Å². The number of carbonyl (C=O) groups excluding carboxylic acids is 4. The fourth-order valence-electron chi connectivity index (χ4n) is 4.12. The molecule has 9 nitrogen and oxygen atoms in total. The molecule has 1 aliphatic carbocycles. The summed E-state index contributed by atoms with van der Waals surface area (Å²) in [7, 11) is 1.25. The molecular weight excluding hydrogens is 494 g/mol. The number of benzene rings is 1. The number of amides is 3. The zero-order valence-corrected chi connectivity index (χ0v) is 23.8. The summed E-state index contributed by atoms with van der Waals surface area (Å²) >= 11 is 1.56. The number of methoxy groups -OCH3 is 1. The van der Waals surface area contributed by atoms with Crippen molar-refractivity contribution in [1.29, 1.82) is 0 Å². The van der Waals surface area contributed by atoms with E-state index >= 15 is 0 Å². The van der Waals surface area contributed by atoms with Crippen LogP contribution in [0.25, 0.3) is 0 Å². The Morgan fingerprint density at radius 1 is 1.16 bits per heavy atom. The summed E-state index contributed by atoms with van der Waals surface area (Å²) in [5.41, 5.74) is 1.83. The highest BCUT2D eigenvalue weighted by Crippen LogP contribution is 2.35. The first kappa shape index (κ1) is 30.5. The topological polar surface area (TPSA) is 114 Å². The van der Waals surface area contributed by atoms with Crippen molar-refractivity contribution in [2.45, 2.75) is 84.0 Å². The minimum absolute atomic E-state index is 0.168. The molecule has 2 N–H and O–H groups in total. The predicted octanol–water partition coefficient (Wildman–Crippen LogP) is 3.66. The number of rotatable bonds is 11. The molecule has 0 saturated heterocycles. The Morgan fingerprint density at radius 3 is 2.38 bits per heavy atom. The Kier molecular flexibility index (Phi) is 11.3. The van der Waals surface area contributed by atoms with Crippen molar-refractivity contribution >= 4 is 35.6 Å². The van der Waals surface area contributed by atoms with Gasteiger partial charge < -0.3 is 25.0 Å². The second-order valence-electron chi connectivity index (χ2n) is 10.3. The smallest absolute Gasteiger partial charge is 0.408 e. The summed E-state index contributed by atoms with van der Waals surface area (Å²) < 4.78 is 10.1. The third-order valence-electron chi connectivity index (χ3n) is 6.42. The first-order valence-electron chi connectivity index (χ1n) is 12.6. The van der Waals surface area contributed by atoms with E-state index in [-0.39, 0.29) is 18.5 Å². The monoisotopic (exact) mass is 535 g/mol.